The van der Waals surface area contributed by atoms with E-state index in [9.17, 15) is 4.39 Å². The molecule has 1 unspecified atom stereocenters. The van der Waals surface area contributed by atoms with Gasteiger partial charge in [-0.1, -0.05) is 0 Å². The minimum Gasteiger partial charge on any atom is -0.378 e. The largest absolute Gasteiger partial charge is 0.378 e. The van der Waals surface area contributed by atoms with Crippen LogP contribution in [0.3, 0.4) is 0 Å². The van der Waals surface area contributed by atoms with Crippen molar-refractivity contribution >= 4 is 0 Å². The van der Waals surface area contributed by atoms with Gasteiger partial charge in [-0.05, 0) is 40.0 Å². The van der Waals surface area contributed by atoms with Crippen LogP contribution in [0.15, 0.2) is 0 Å². The van der Waals surface area contributed by atoms with Crippen molar-refractivity contribution in [3.63, 3.8) is 0 Å². The van der Waals surface area contributed by atoms with Crippen LogP contribution in [0.1, 0.15) is 40.0 Å². The molecule has 1 aliphatic heterocycles. The third-order valence-corrected chi connectivity index (χ3v) is 3.74. The SMILES string of the molecule is CC(C)OCC1(CN2CCC(C)(F)C2)CC1. The normalized spacial score (nSPS) is 33.6. The van der Waals surface area contributed by atoms with E-state index in [4.69, 9.17) is 4.74 Å². The Morgan fingerprint density at radius 3 is 2.44 bits per heavy atom. The molecular weight excluding hydrogens is 205 g/mol. The first-order valence-corrected chi connectivity index (χ1v) is 6.44. The molecule has 0 spiro atoms. The summed E-state index contributed by atoms with van der Waals surface area (Å²) in [6.07, 6.45) is 3.49. The van der Waals surface area contributed by atoms with Crippen LogP contribution in [0.25, 0.3) is 0 Å². The maximum Gasteiger partial charge on any atom is 0.122 e. The first kappa shape index (κ1) is 12.3. The second kappa shape index (κ2) is 4.26. The van der Waals surface area contributed by atoms with E-state index in [1.54, 1.807) is 6.92 Å². The summed E-state index contributed by atoms with van der Waals surface area (Å²) in [4.78, 5) is 2.27. The molecule has 16 heavy (non-hydrogen) atoms. The van der Waals surface area contributed by atoms with Gasteiger partial charge in [0.15, 0.2) is 0 Å². The number of hydrogen-bond donors (Lipinski definition) is 0. The molecule has 2 aliphatic rings. The molecule has 3 heteroatoms. The van der Waals surface area contributed by atoms with Crippen molar-refractivity contribution in [2.24, 2.45) is 5.41 Å². The smallest absolute Gasteiger partial charge is 0.122 e. The van der Waals surface area contributed by atoms with Crippen molar-refractivity contribution in [2.75, 3.05) is 26.2 Å². The fourth-order valence-electron chi connectivity index (χ4n) is 2.49. The molecular formula is C13H24FNO. The van der Waals surface area contributed by atoms with Crippen molar-refractivity contribution in [3.05, 3.63) is 0 Å². The molecule has 1 heterocycles. The van der Waals surface area contributed by atoms with E-state index in [2.05, 4.69) is 18.7 Å². The van der Waals surface area contributed by atoms with E-state index in [-0.39, 0.29) is 0 Å². The summed E-state index contributed by atoms with van der Waals surface area (Å²) in [5.41, 5.74) is -0.611. The van der Waals surface area contributed by atoms with Crippen LogP contribution in [0.5, 0.6) is 0 Å². The number of halogens is 1. The predicted octanol–water partition coefficient (Wildman–Crippen LogP) is 2.63. The van der Waals surface area contributed by atoms with Gasteiger partial charge in [-0.15, -0.1) is 0 Å². The average molecular weight is 229 g/mol. The highest BCUT2D eigenvalue weighted by molar-refractivity contribution is 4.98. The summed E-state index contributed by atoms with van der Waals surface area (Å²) in [6.45, 7) is 9.27. The molecule has 0 amide bonds. The van der Waals surface area contributed by atoms with E-state index in [0.717, 1.165) is 19.7 Å². The average Bonchev–Trinajstić information content (AvgIpc) is 2.84. The van der Waals surface area contributed by atoms with Gasteiger partial charge in [0.25, 0.3) is 0 Å². The van der Waals surface area contributed by atoms with E-state index < -0.39 is 5.67 Å². The Kier molecular flexibility index (Phi) is 3.28. The van der Waals surface area contributed by atoms with Crippen LogP contribution >= 0.6 is 0 Å². The maximum absolute atomic E-state index is 13.7. The highest BCUT2D eigenvalue weighted by Gasteiger charge is 2.46. The molecule has 1 aliphatic carbocycles. The molecule has 0 aromatic carbocycles. The standard InChI is InChI=1S/C13H24FNO/c1-11(2)16-10-13(4-5-13)9-15-7-6-12(3,14)8-15/h11H,4-10H2,1-3H3. The van der Waals surface area contributed by atoms with Gasteiger partial charge in [0.1, 0.15) is 5.67 Å². The van der Waals surface area contributed by atoms with Crippen LogP contribution in [0, 0.1) is 5.41 Å². The second-order valence-corrected chi connectivity index (χ2v) is 6.23. The monoisotopic (exact) mass is 229 g/mol. The Labute approximate surface area is 98.1 Å². The van der Waals surface area contributed by atoms with E-state index >= 15 is 0 Å². The molecule has 0 bridgehead atoms. The van der Waals surface area contributed by atoms with Crippen LogP contribution in [-0.4, -0.2) is 42.9 Å². The van der Waals surface area contributed by atoms with Crippen LogP contribution in [0.2, 0.25) is 0 Å². The highest BCUT2D eigenvalue weighted by Crippen LogP contribution is 2.47. The van der Waals surface area contributed by atoms with Crippen LogP contribution < -0.4 is 0 Å². The summed E-state index contributed by atoms with van der Waals surface area (Å²) < 4.78 is 19.4. The molecule has 1 saturated heterocycles. The predicted molar refractivity (Wildman–Crippen MR) is 63.3 cm³/mol. The second-order valence-electron chi connectivity index (χ2n) is 6.23. The molecule has 2 rings (SSSR count). The lowest BCUT2D eigenvalue weighted by molar-refractivity contribution is 0.0318. The van der Waals surface area contributed by atoms with Gasteiger partial charge in [0, 0.05) is 25.0 Å². The Morgan fingerprint density at radius 1 is 1.31 bits per heavy atom. The molecule has 0 aromatic heterocycles. The fraction of sp³-hybridized carbons (Fsp3) is 1.00. The highest BCUT2D eigenvalue weighted by atomic mass is 19.1. The summed E-state index contributed by atoms with van der Waals surface area (Å²) in [6, 6.07) is 0. The third-order valence-electron chi connectivity index (χ3n) is 3.74. The maximum atomic E-state index is 13.7. The van der Waals surface area contributed by atoms with Crippen molar-refractivity contribution in [2.45, 2.75) is 51.8 Å². The van der Waals surface area contributed by atoms with Crippen molar-refractivity contribution in [1.82, 2.24) is 4.90 Å². The molecule has 0 radical (unpaired) electrons. The summed E-state index contributed by atoms with van der Waals surface area (Å²) in [5, 5.41) is 0. The Balaban J connectivity index is 1.77. The van der Waals surface area contributed by atoms with Gasteiger partial charge >= 0.3 is 0 Å². The minimum absolute atomic E-state index is 0.308. The summed E-state index contributed by atoms with van der Waals surface area (Å²) in [7, 11) is 0. The van der Waals surface area contributed by atoms with Crippen LogP contribution in [0.4, 0.5) is 4.39 Å². The third kappa shape index (κ3) is 3.17. The number of likely N-dealkylation sites (tertiary alicyclic amines) is 1. The van der Waals surface area contributed by atoms with Crippen molar-refractivity contribution < 1.29 is 9.13 Å². The molecule has 2 fully saturated rings. The molecule has 0 aromatic rings. The lowest BCUT2D eigenvalue weighted by atomic mass is 10.1. The van der Waals surface area contributed by atoms with Crippen LogP contribution in [-0.2, 0) is 4.74 Å². The van der Waals surface area contributed by atoms with Gasteiger partial charge < -0.3 is 4.74 Å². The number of nitrogens with zero attached hydrogens (tertiary/aromatic N) is 1. The zero-order valence-electron chi connectivity index (χ0n) is 10.8. The lowest BCUT2D eigenvalue weighted by Gasteiger charge is -2.24. The molecule has 1 saturated carbocycles. The quantitative estimate of drug-likeness (QED) is 0.718. The van der Waals surface area contributed by atoms with E-state index in [1.165, 1.54) is 12.8 Å². The lowest BCUT2D eigenvalue weighted by Crippen LogP contribution is -2.33. The summed E-state index contributed by atoms with van der Waals surface area (Å²) >= 11 is 0. The number of rotatable bonds is 5. The zero-order chi connectivity index (χ0) is 11.8. The van der Waals surface area contributed by atoms with Crippen molar-refractivity contribution in [3.8, 4) is 0 Å². The topological polar surface area (TPSA) is 12.5 Å². The van der Waals surface area contributed by atoms with Gasteiger partial charge in [-0.2, -0.15) is 0 Å². The molecule has 1 atom stereocenters. The number of ether oxygens (including phenoxy) is 1. The van der Waals surface area contributed by atoms with Gasteiger partial charge in [0.2, 0.25) is 0 Å². The number of hydrogen-bond acceptors (Lipinski definition) is 2. The number of alkyl halides is 1. The van der Waals surface area contributed by atoms with E-state index in [0.29, 0.717) is 24.5 Å². The Morgan fingerprint density at radius 2 is 2.00 bits per heavy atom. The van der Waals surface area contributed by atoms with Crippen molar-refractivity contribution in [1.29, 1.82) is 0 Å². The van der Waals surface area contributed by atoms with Gasteiger partial charge in [0.05, 0.1) is 12.7 Å². The Bertz CT molecular complexity index is 248. The van der Waals surface area contributed by atoms with Gasteiger partial charge in [-0.25, -0.2) is 4.39 Å². The fourth-order valence-corrected chi connectivity index (χ4v) is 2.49. The molecule has 0 N–H and O–H groups in total. The first-order valence-electron chi connectivity index (χ1n) is 6.44. The zero-order valence-corrected chi connectivity index (χ0v) is 10.8. The minimum atomic E-state index is -0.963. The van der Waals surface area contributed by atoms with Gasteiger partial charge in [-0.3, -0.25) is 4.90 Å². The first-order chi connectivity index (χ1) is 7.41. The molecule has 94 valence electrons. The summed E-state index contributed by atoms with van der Waals surface area (Å²) in [5.74, 6) is 0. The van der Waals surface area contributed by atoms with E-state index in [1.807, 2.05) is 0 Å². The molecule has 2 nitrogen and oxygen atoms in total. The Hall–Kier alpha value is -0.150.